The minimum atomic E-state index is -0.469. The number of non-ortho nitro benzene ring substituents is 1. The van der Waals surface area contributed by atoms with E-state index in [4.69, 9.17) is 4.74 Å². The van der Waals surface area contributed by atoms with Crippen molar-refractivity contribution < 1.29 is 19.6 Å². The summed E-state index contributed by atoms with van der Waals surface area (Å²) in [6.07, 6.45) is 1.66. The maximum absolute atomic E-state index is 12.2. The number of carbonyl (C=O) groups is 1. The summed E-state index contributed by atoms with van der Waals surface area (Å²) in [4.78, 5) is 27.3. The van der Waals surface area contributed by atoms with Gasteiger partial charge in [-0.2, -0.15) is 0 Å². The molecule has 1 aliphatic rings. The van der Waals surface area contributed by atoms with Gasteiger partial charge in [0.2, 0.25) is 0 Å². The van der Waals surface area contributed by atoms with Crippen LogP contribution >= 0.6 is 11.8 Å². The minimum Gasteiger partial charge on any atom is -0.504 e. The number of aryl methyl sites for hydroxylation is 1. The van der Waals surface area contributed by atoms with Crippen LogP contribution in [0.25, 0.3) is 6.08 Å². The van der Waals surface area contributed by atoms with Crippen LogP contribution in [0.2, 0.25) is 0 Å². The average Bonchev–Trinajstić information content (AvgIpc) is 2.97. The number of ether oxygens (including phenoxy) is 1. The van der Waals surface area contributed by atoms with Gasteiger partial charge in [0.1, 0.15) is 0 Å². The van der Waals surface area contributed by atoms with Crippen molar-refractivity contribution >= 4 is 40.3 Å². The molecule has 0 saturated carbocycles. The molecule has 0 aliphatic carbocycles. The summed E-state index contributed by atoms with van der Waals surface area (Å²) in [5, 5.41) is 23.5. The van der Waals surface area contributed by atoms with Crippen LogP contribution in [0.5, 0.6) is 11.5 Å². The zero-order valence-electron chi connectivity index (χ0n) is 14.4. The standard InChI is InChI=1S/C18H15N3O5S/c1-10-7-12(21(24)25)4-5-13(10)19-18-20-17(23)16(27-18)9-11-3-6-14(22)15(8-11)26-2/h3-9,22H,1-2H3,(H,19,20,23)/b16-9-. The van der Waals surface area contributed by atoms with E-state index < -0.39 is 4.92 Å². The van der Waals surface area contributed by atoms with Crippen LogP contribution < -0.4 is 10.1 Å². The fourth-order valence-electron chi connectivity index (χ4n) is 2.40. The van der Waals surface area contributed by atoms with Gasteiger partial charge < -0.3 is 15.2 Å². The van der Waals surface area contributed by atoms with Gasteiger partial charge in [-0.1, -0.05) is 6.07 Å². The first-order valence-electron chi connectivity index (χ1n) is 7.79. The van der Waals surface area contributed by atoms with Crippen molar-refractivity contribution in [2.24, 2.45) is 4.99 Å². The Morgan fingerprint density at radius 1 is 1.30 bits per heavy atom. The van der Waals surface area contributed by atoms with Crippen LogP contribution in [0, 0.1) is 17.0 Å². The van der Waals surface area contributed by atoms with Crippen molar-refractivity contribution in [3.8, 4) is 11.5 Å². The Morgan fingerprint density at radius 3 is 2.74 bits per heavy atom. The highest BCUT2D eigenvalue weighted by Crippen LogP contribution is 2.32. The van der Waals surface area contributed by atoms with E-state index in [2.05, 4.69) is 10.3 Å². The van der Waals surface area contributed by atoms with Crippen molar-refractivity contribution in [2.75, 3.05) is 7.11 Å². The molecule has 0 atom stereocenters. The Balaban J connectivity index is 1.85. The number of aromatic hydroxyl groups is 1. The van der Waals surface area contributed by atoms with Crippen molar-refractivity contribution in [3.63, 3.8) is 0 Å². The average molecular weight is 385 g/mol. The number of hydrogen-bond acceptors (Lipinski definition) is 7. The number of benzene rings is 2. The Bertz CT molecular complexity index is 1000. The summed E-state index contributed by atoms with van der Waals surface area (Å²) < 4.78 is 5.06. The molecule has 8 nitrogen and oxygen atoms in total. The molecule has 2 N–H and O–H groups in total. The fraction of sp³-hybridized carbons (Fsp3) is 0.111. The molecular weight excluding hydrogens is 370 g/mol. The molecule has 1 heterocycles. The van der Waals surface area contributed by atoms with Gasteiger partial charge in [-0.25, -0.2) is 4.99 Å². The molecule has 1 amide bonds. The zero-order valence-corrected chi connectivity index (χ0v) is 15.2. The van der Waals surface area contributed by atoms with E-state index in [0.29, 0.717) is 32.6 Å². The molecule has 0 bridgehead atoms. The zero-order chi connectivity index (χ0) is 19.6. The predicted octanol–water partition coefficient (Wildman–Crippen LogP) is 3.51. The third kappa shape index (κ3) is 4.09. The van der Waals surface area contributed by atoms with Crippen LogP contribution in [-0.2, 0) is 4.79 Å². The van der Waals surface area contributed by atoms with E-state index in [1.54, 1.807) is 31.2 Å². The monoisotopic (exact) mass is 385 g/mol. The molecule has 2 aromatic rings. The Hall–Kier alpha value is -3.33. The summed E-state index contributed by atoms with van der Waals surface area (Å²) in [6, 6.07) is 9.10. The Morgan fingerprint density at radius 2 is 2.07 bits per heavy atom. The number of nitrogens with one attached hydrogen (secondary N) is 1. The lowest BCUT2D eigenvalue weighted by atomic mass is 10.2. The van der Waals surface area contributed by atoms with E-state index in [1.165, 1.54) is 25.3 Å². The minimum absolute atomic E-state index is 0.0126. The summed E-state index contributed by atoms with van der Waals surface area (Å²) in [5.41, 5.74) is 1.85. The highest BCUT2D eigenvalue weighted by Gasteiger charge is 2.24. The summed E-state index contributed by atoms with van der Waals surface area (Å²) in [6.45, 7) is 1.72. The molecule has 3 rings (SSSR count). The van der Waals surface area contributed by atoms with Gasteiger partial charge in [0.05, 0.1) is 22.6 Å². The van der Waals surface area contributed by atoms with Gasteiger partial charge in [0.25, 0.3) is 11.6 Å². The van der Waals surface area contributed by atoms with Crippen LogP contribution in [0.4, 0.5) is 11.4 Å². The molecule has 0 aromatic heterocycles. The van der Waals surface area contributed by atoms with Crippen molar-refractivity contribution in [1.29, 1.82) is 0 Å². The number of nitro groups is 1. The first-order chi connectivity index (χ1) is 12.9. The number of phenols is 1. The number of methoxy groups -OCH3 is 1. The van der Waals surface area contributed by atoms with E-state index in [0.717, 1.165) is 11.8 Å². The molecule has 2 aromatic carbocycles. The number of amidine groups is 1. The van der Waals surface area contributed by atoms with Gasteiger partial charge in [0.15, 0.2) is 16.7 Å². The van der Waals surface area contributed by atoms with Crippen LogP contribution in [0.1, 0.15) is 11.1 Å². The number of amides is 1. The Kier molecular flexibility index (Phi) is 5.13. The normalized spacial score (nSPS) is 16.6. The molecule has 27 heavy (non-hydrogen) atoms. The summed E-state index contributed by atoms with van der Waals surface area (Å²) in [5.74, 6) is 0.0209. The maximum atomic E-state index is 12.2. The van der Waals surface area contributed by atoms with E-state index >= 15 is 0 Å². The number of rotatable bonds is 4. The molecular formula is C18H15N3O5S. The number of thioether (sulfide) groups is 1. The first kappa shape index (κ1) is 18.5. The number of carbonyl (C=O) groups excluding carboxylic acids is 1. The highest BCUT2D eigenvalue weighted by molar-refractivity contribution is 8.18. The predicted molar refractivity (Wildman–Crippen MR) is 103 cm³/mol. The third-order valence-electron chi connectivity index (χ3n) is 3.77. The molecule has 9 heteroatoms. The molecule has 0 unspecified atom stereocenters. The van der Waals surface area contributed by atoms with Crippen LogP contribution in [-0.4, -0.2) is 28.2 Å². The summed E-state index contributed by atoms with van der Waals surface area (Å²) in [7, 11) is 1.44. The SMILES string of the molecule is COc1cc(/C=C2\SC(=Nc3ccc([N+](=O)[O-])cc3C)NC2=O)ccc1O. The van der Waals surface area contributed by atoms with Gasteiger partial charge in [0, 0.05) is 12.1 Å². The van der Waals surface area contributed by atoms with E-state index in [9.17, 15) is 20.0 Å². The fourth-order valence-corrected chi connectivity index (χ4v) is 3.24. The van der Waals surface area contributed by atoms with Crippen LogP contribution in [0.3, 0.4) is 0 Å². The maximum Gasteiger partial charge on any atom is 0.269 e. The first-order valence-corrected chi connectivity index (χ1v) is 8.60. The Labute approximate surface area is 158 Å². The third-order valence-corrected chi connectivity index (χ3v) is 4.68. The molecule has 0 radical (unpaired) electrons. The highest BCUT2D eigenvalue weighted by atomic mass is 32.2. The van der Waals surface area contributed by atoms with Gasteiger partial charge in [-0.05, 0) is 54.1 Å². The number of nitro benzene ring substituents is 1. The number of hydrogen-bond donors (Lipinski definition) is 2. The van der Waals surface area contributed by atoms with Gasteiger partial charge in [-0.15, -0.1) is 0 Å². The quantitative estimate of drug-likeness (QED) is 0.473. The topological polar surface area (TPSA) is 114 Å². The van der Waals surface area contributed by atoms with Crippen molar-refractivity contribution in [3.05, 3.63) is 62.5 Å². The van der Waals surface area contributed by atoms with Crippen molar-refractivity contribution in [2.45, 2.75) is 6.92 Å². The number of aliphatic imine (C=N–C) groups is 1. The number of phenolic OH excluding ortho intramolecular Hbond substituents is 1. The van der Waals surface area contributed by atoms with Gasteiger partial charge >= 0.3 is 0 Å². The molecule has 1 fully saturated rings. The van der Waals surface area contributed by atoms with Crippen LogP contribution in [0.15, 0.2) is 46.3 Å². The smallest absolute Gasteiger partial charge is 0.269 e. The lowest BCUT2D eigenvalue weighted by Gasteiger charge is -2.04. The second-order valence-electron chi connectivity index (χ2n) is 5.64. The molecule has 138 valence electrons. The van der Waals surface area contributed by atoms with E-state index in [1.807, 2.05) is 0 Å². The lowest BCUT2D eigenvalue weighted by Crippen LogP contribution is -2.19. The summed E-state index contributed by atoms with van der Waals surface area (Å²) >= 11 is 1.16. The molecule has 1 saturated heterocycles. The number of nitrogens with zero attached hydrogens (tertiary/aromatic N) is 2. The van der Waals surface area contributed by atoms with Crippen molar-refractivity contribution in [1.82, 2.24) is 5.32 Å². The van der Waals surface area contributed by atoms with E-state index in [-0.39, 0.29) is 17.3 Å². The molecule has 0 spiro atoms. The largest absolute Gasteiger partial charge is 0.504 e. The second-order valence-corrected chi connectivity index (χ2v) is 6.67. The second kappa shape index (κ2) is 7.50. The molecule has 1 aliphatic heterocycles. The lowest BCUT2D eigenvalue weighted by molar-refractivity contribution is -0.384. The van der Waals surface area contributed by atoms with Gasteiger partial charge in [-0.3, -0.25) is 14.9 Å².